The molecule has 2 aliphatic carbocycles. The largest absolute Gasteiger partial charge is 0.748 e. The fourth-order valence-electron chi connectivity index (χ4n) is 14.9. The Bertz CT molecular complexity index is 4830. The third-order valence-corrected chi connectivity index (χ3v) is 20.9. The summed E-state index contributed by atoms with van der Waals surface area (Å²) in [5.74, 6) is 2.40. The number of nitrogens with zero attached hydrogens (tertiary/aromatic N) is 7. The number of benzene rings is 4. The van der Waals surface area contributed by atoms with Gasteiger partial charge in [-0.25, -0.2) is 13.1 Å². The van der Waals surface area contributed by atoms with Crippen molar-refractivity contribution in [2.75, 3.05) is 122 Å². The molecule has 0 radical (unpaired) electrons. The Morgan fingerprint density at radius 3 is 1.46 bits per heavy atom. The van der Waals surface area contributed by atoms with E-state index in [0.29, 0.717) is 97.7 Å². The first kappa shape index (κ1) is 97.3. The lowest BCUT2D eigenvalue weighted by atomic mass is 9.81. The first-order valence-electron chi connectivity index (χ1n) is 39.4. The minimum absolute atomic E-state index is 0.0834. The van der Waals surface area contributed by atoms with E-state index in [1.807, 2.05) is 44.6 Å². The molecule has 628 valence electrons. The number of para-hydroxylation sites is 4. The molecule has 0 bridgehead atoms. The summed E-state index contributed by atoms with van der Waals surface area (Å²) < 4.78 is 118. The van der Waals surface area contributed by atoms with Crippen LogP contribution < -0.4 is 26.2 Å². The van der Waals surface area contributed by atoms with E-state index in [4.69, 9.17) is 35.5 Å². The summed E-state index contributed by atoms with van der Waals surface area (Å²) in [5, 5.41) is 16.1. The summed E-state index contributed by atoms with van der Waals surface area (Å²) in [7, 11) is -5.93. The molecule has 0 atom stereocenters. The number of rotatable bonds is 28. The van der Waals surface area contributed by atoms with E-state index in [2.05, 4.69) is 262 Å². The summed E-state index contributed by atoms with van der Waals surface area (Å²) in [6.07, 6.45) is 32.9. The number of hydrogen-bond donors (Lipinski definition) is 5. The maximum atomic E-state index is 11.2. The molecule has 11 rings (SSSR count). The number of allylic oxidation sites excluding steroid dienone is 14. The van der Waals surface area contributed by atoms with Crippen molar-refractivity contribution in [2.24, 2.45) is 5.73 Å². The van der Waals surface area contributed by atoms with Crippen LogP contribution in [-0.2, 0) is 83.9 Å². The van der Waals surface area contributed by atoms with E-state index in [0.717, 1.165) is 54.9 Å². The molecular formula is C88H127N10O13PS3+2. The Kier molecular flexibility index (Phi) is 38.0. The van der Waals surface area contributed by atoms with Gasteiger partial charge in [0.25, 0.3) is 20.2 Å². The first-order chi connectivity index (χ1) is 54.2. The maximum Gasteiger partial charge on any atom is 0.332 e. The lowest BCUT2D eigenvalue weighted by molar-refractivity contribution is -0.401. The molecule has 27 heteroatoms. The smallest absolute Gasteiger partial charge is 0.332 e. The molecule has 23 nitrogen and oxygen atoms in total. The number of hydrogen-bond acceptors (Lipinski definition) is 18. The van der Waals surface area contributed by atoms with Crippen LogP contribution in [0.4, 0.5) is 22.7 Å². The summed E-state index contributed by atoms with van der Waals surface area (Å²) in [4.78, 5) is 4.62. The van der Waals surface area contributed by atoms with Crippen molar-refractivity contribution in [3.63, 3.8) is 0 Å². The van der Waals surface area contributed by atoms with Gasteiger partial charge in [0, 0.05) is 106 Å². The third kappa shape index (κ3) is 28.2. The first-order valence-corrected chi connectivity index (χ1v) is 46.8. The number of aromatic nitrogens is 3. The normalized spacial score (nSPS) is 18.0. The van der Waals surface area contributed by atoms with E-state index in [-0.39, 0.29) is 27.4 Å². The fraction of sp³-hybridized carbons (Fsp3) is 0.477. The van der Waals surface area contributed by atoms with E-state index in [1.165, 1.54) is 84.4 Å². The van der Waals surface area contributed by atoms with Crippen LogP contribution in [0, 0.1) is 12.3 Å². The van der Waals surface area contributed by atoms with Crippen molar-refractivity contribution in [3.8, 4) is 12.3 Å². The van der Waals surface area contributed by atoms with Gasteiger partial charge in [-0.3, -0.25) is 9.11 Å². The lowest BCUT2D eigenvalue weighted by Crippen LogP contribution is -2.27. The molecule has 5 heterocycles. The maximum absolute atomic E-state index is 11.2. The molecule has 1 aromatic heterocycles. The van der Waals surface area contributed by atoms with E-state index < -0.39 is 38.2 Å². The van der Waals surface area contributed by atoms with Crippen LogP contribution in [0.25, 0.3) is 0 Å². The van der Waals surface area contributed by atoms with Gasteiger partial charge in [-0.2, -0.15) is 26.0 Å². The van der Waals surface area contributed by atoms with Gasteiger partial charge in [-0.1, -0.05) is 168 Å². The van der Waals surface area contributed by atoms with Gasteiger partial charge in [-0.05, 0) is 137 Å². The van der Waals surface area contributed by atoms with Crippen LogP contribution in [0.5, 0.6) is 0 Å². The molecule has 0 amide bonds. The van der Waals surface area contributed by atoms with E-state index in [9.17, 15) is 34.4 Å². The van der Waals surface area contributed by atoms with Crippen molar-refractivity contribution < 1.29 is 66.8 Å². The second kappa shape index (κ2) is 44.9. The molecular weight excluding hydrogens is 1530 g/mol. The molecule has 5 aromatic rings. The molecule has 6 N–H and O–H groups in total. The van der Waals surface area contributed by atoms with Crippen LogP contribution >= 0.6 is 7.80 Å². The van der Waals surface area contributed by atoms with E-state index in [1.54, 1.807) is 13.3 Å². The molecule has 6 aliphatic rings. The summed E-state index contributed by atoms with van der Waals surface area (Å²) in [6.45, 7) is 36.0. The van der Waals surface area contributed by atoms with Gasteiger partial charge < -0.3 is 44.9 Å². The van der Waals surface area contributed by atoms with Crippen LogP contribution in [0.3, 0.4) is 0 Å². The highest BCUT2D eigenvalue weighted by atomic mass is 32.2. The van der Waals surface area contributed by atoms with Gasteiger partial charge >= 0.3 is 7.80 Å². The number of nitrogens with one attached hydrogen (secondary N) is 2. The molecule has 0 spiro atoms. The Morgan fingerprint density at radius 2 is 1.00 bits per heavy atom. The lowest BCUT2D eigenvalue weighted by Gasteiger charge is -2.27. The molecule has 115 heavy (non-hydrogen) atoms. The van der Waals surface area contributed by atoms with E-state index >= 15 is 0 Å². The van der Waals surface area contributed by atoms with Crippen molar-refractivity contribution >= 4 is 72.3 Å². The second-order valence-electron chi connectivity index (χ2n) is 30.2. The predicted molar refractivity (Wildman–Crippen MR) is 469 cm³/mol. The van der Waals surface area contributed by atoms with Gasteiger partial charge in [-0.15, -0.1) is 11.5 Å². The number of fused-ring (bicyclic) bond motifs is 4. The van der Waals surface area contributed by atoms with Crippen LogP contribution in [0.15, 0.2) is 197 Å². The van der Waals surface area contributed by atoms with Crippen LogP contribution in [0.2, 0.25) is 0 Å². The number of anilines is 2. The average Bonchev–Trinajstić information content (AvgIpc) is 1.62. The topological polar surface area (TPSA) is 304 Å². The Morgan fingerprint density at radius 1 is 0.583 bits per heavy atom. The predicted octanol–water partition coefficient (Wildman–Crippen LogP) is 14.9. The van der Waals surface area contributed by atoms with Crippen molar-refractivity contribution in [1.29, 1.82) is 0 Å². The summed E-state index contributed by atoms with van der Waals surface area (Å²) in [6, 6.07) is 34.4. The van der Waals surface area contributed by atoms with Crippen molar-refractivity contribution in [1.82, 2.24) is 25.6 Å². The molecule has 0 saturated heterocycles. The number of likely N-dealkylation sites (N-methyl/N-ethyl adjacent to an activating group) is 1. The standard InChI is InChI=1S/C43H57N7O3.C37H43N3O3S.C2H6OP.2C2H6.2CH4O3S/c1-42(2)35-12-7-9-14-37(35)48(5)39(42)20-18-32-16-17-33(19-21-40-43(3,4)36-13-8-10-15-38(36)49(40)6)41(32)45-30-34-31-50(47-46-34)23-25-52-27-29-53-28-26-51-24-11-22-44;1-7-24-38-35-27(20-22-33-36(2,3)29-14-8-10-16-31(29)39(33)6)18-19-28(35)21-23-34-37(4,5)30-15-9-11-17-32(30)40(34)25-12-13-26-44(41,42)43;1-4(2)3;2*1-2;2*1-5(2,3)4/h7-10,12-15,18-21,31H,11,16-17,22-30,44H2,1-6H3;1,8-11,14-17,20-23H,12-13,18-19,24-26H2,2-6H3,(H,41,42,43);1-2H3;2*1-2H3;2*1H3,(H,2,3,4)/q;;+1;;;;/p+1/b32-18+,39-20+;;;;;;. The van der Waals surface area contributed by atoms with Crippen molar-refractivity contribution in [3.05, 3.63) is 225 Å². The van der Waals surface area contributed by atoms with Gasteiger partial charge in [0.1, 0.15) is 33.1 Å². The zero-order chi connectivity index (χ0) is 85.7. The Balaban J connectivity index is 0.000000343. The number of terminal acetylenes is 1. The quantitative estimate of drug-likeness (QED) is 0.0102. The fourth-order valence-corrected chi connectivity index (χ4v) is 15.4. The number of nitrogens with two attached hydrogens (primary N) is 1. The molecule has 0 fully saturated rings. The van der Waals surface area contributed by atoms with Crippen LogP contribution in [-0.4, -0.2) is 186 Å². The zero-order valence-corrected chi connectivity index (χ0v) is 74.6. The monoisotopic (exact) mass is 1660 g/mol. The number of ether oxygens (including phenoxy) is 3. The Hall–Kier alpha value is -8.29. The highest BCUT2D eigenvalue weighted by Gasteiger charge is 2.45. The minimum atomic E-state index is -4.22. The van der Waals surface area contributed by atoms with Gasteiger partial charge in [0.05, 0.1) is 92.3 Å². The highest BCUT2D eigenvalue weighted by Crippen LogP contribution is 2.50. The molecule has 0 unspecified atom stereocenters. The third-order valence-electron chi connectivity index (χ3n) is 20.1. The average molecular weight is 1660 g/mol. The summed E-state index contributed by atoms with van der Waals surface area (Å²) >= 11 is 0. The second-order valence-corrected chi connectivity index (χ2v) is 36.3. The highest BCUT2D eigenvalue weighted by molar-refractivity contribution is 7.85. The van der Waals surface area contributed by atoms with Gasteiger partial charge in [0.2, 0.25) is 11.4 Å². The Labute approximate surface area is 688 Å². The molecule has 4 aromatic carbocycles. The van der Waals surface area contributed by atoms with Gasteiger partial charge in [0.15, 0.2) is 11.4 Å². The SMILES string of the molecule is C#CCNC1=C(C=CC2=[N+](C)c3ccccc3C2(C)C)CCC1=CC=C1N(CCCCS(=O)(=O)[O-])c2ccccc2C1(C)C.CC.CC.CN1/C(=C/C=C2\CCC(/C=C/C3=[N+](C)c4ccccc4C3(C)C)=C2NCc2cn(CCOCCOCCOCCCN)nn2)C(C)(C)c2ccccc21.CS(=O)(=O)O.CS(=O)(=O)O.C[P+](C)=O. The zero-order valence-electron chi connectivity index (χ0n) is 71.2. The van der Waals surface area contributed by atoms with Crippen molar-refractivity contribution in [2.45, 2.75) is 163 Å². The minimum Gasteiger partial charge on any atom is -0.748 e. The number of unbranched alkanes of at least 4 members (excludes halogenated alkanes) is 1. The van der Waals surface area contributed by atoms with Crippen LogP contribution in [0.1, 0.15) is 156 Å². The summed E-state index contributed by atoms with van der Waals surface area (Å²) in [5.41, 5.74) is 28.4. The molecule has 0 saturated carbocycles. The molecule has 4 aliphatic heterocycles.